The third kappa shape index (κ3) is 4.22. The van der Waals surface area contributed by atoms with Gasteiger partial charge in [-0.05, 0) is 0 Å². The summed E-state index contributed by atoms with van der Waals surface area (Å²) in [7, 11) is 0. The van der Waals surface area contributed by atoms with Crippen molar-refractivity contribution >= 4 is 6.40 Å². The van der Waals surface area contributed by atoms with Gasteiger partial charge in [-0.3, -0.25) is 0 Å². The Morgan fingerprint density at radius 3 is 2.44 bits per heavy atom. The Bertz CT molecular complexity index is 123. The summed E-state index contributed by atoms with van der Waals surface area (Å²) >= 11 is -0.594. The molecule has 0 spiro atoms. The summed E-state index contributed by atoms with van der Waals surface area (Å²) in [5, 5.41) is 24.9. The van der Waals surface area contributed by atoms with Crippen LogP contribution in [0.2, 0.25) is 0 Å². The summed E-state index contributed by atoms with van der Waals surface area (Å²) in [6, 6.07) is 0. The van der Waals surface area contributed by atoms with Crippen LogP contribution < -0.4 is 21.5 Å². The van der Waals surface area contributed by atoms with Crippen molar-refractivity contribution in [3.05, 3.63) is 10.3 Å². The van der Waals surface area contributed by atoms with E-state index in [2.05, 4.69) is 0 Å². The molecule has 0 aromatic heterocycles. The molecule has 0 heterocycles. The Kier molecular flexibility index (Phi) is 5.64. The van der Waals surface area contributed by atoms with Gasteiger partial charge >= 0.3 is 63.1 Å². The van der Waals surface area contributed by atoms with Crippen LogP contribution in [-0.2, 0) is 0 Å². The van der Waals surface area contributed by atoms with Gasteiger partial charge < -0.3 is 0 Å². The molecule has 0 saturated heterocycles. The standard InChI is InChI=1S/C4H8INO3/c7-2-1-5-6(3-8)4-9/h1-3,7-9H,4H2/b2-1+,6-3+. The van der Waals surface area contributed by atoms with E-state index in [1.807, 2.05) is 0 Å². The van der Waals surface area contributed by atoms with Gasteiger partial charge in [0.05, 0.1) is 0 Å². The summed E-state index contributed by atoms with van der Waals surface area (Å²) in [6.07, 6.45) is 1.70. The summed E-state index contributed by atoms with van der Waals surface area (Å²) in [4.78, 5) is 0. The monoisotopic (exact) mass is 245 g/mol. The molecular formula is C4H8INO3. The Balaban J connectivity index is 3.58. The van der Waals surface area contributed by atoms with Gasteiger partial charge in [-0.2, -0.15) is 0 Å². The zero-order valence-electron chi connectivity index (χ0n) is 4.61. The van der Waals surface area contributed by atoms with Crippen LogP contribution in [0.1, 0.15) is 0 Å². The van der Waals surface area contributed by atoms with Crippen molar-refractivity contribution in [1.29, 1.82) is 0 Å². The van der Waals surface area contributed by atoms with Crippen molar-refractivity contribution in [3.63, 3.8) is 0 Å². The Morgan fingerprint density at radius 1 is 1.44 bits per heavy atom. The van der Waals surface area contributed by atoms with E-state index in [9.17, 15) is 0 Å². The maximum absolute atomic E-state index is 8.40. The van der Waals surface area contributed by atoms with Crippen molar-refractivity contribution in [1.82, 2.24) is 0 Å². The van der Waals surface area contributed by atoms with Gasteiger partial charge in [-0.15, -0.1) is 0 Å². The second-order valence-corrected chi connectivity index (χ2v) is 3.54. The summed E-state index contributed by atoms with van der Waals surface area (Å²) in [6.45, 7) is -0.214. The van der Waals surface area contributed by atoms with Crippen LogP contribution in [0, 0.1) is 0 Å². The molecule has 0 bridgehead atoms. The molecular weight excluding hydrogens is 237 g/mol. The zero-order chi connectivity index (χ0) is 7.11. The molecule has 3 N–H and O–H groups in total. The summed E-state index contributed by atoms with van der Waals surface area (Å²) < 4.78 is 2.81. The third-order valence-electron chi connectivity index (χ3n) is 0.498. The third-order valence-corrected chi connectivity index (χ3v) is 2.41. The molecule has 0 atom stereocenters. The molecule has 0 aliphatic heterocycles. The number of hydrogen-bond donors (Lipinski definition) is 3. The molecule has 9 heavy (non-hydrogen) atoms. The first kappa shape index (κ1) is 8.70. The van der Waals surface area contributed by atoms with Crippen LogP contribution in [0.5, 0.6) is 0 Å². The molecule has 4 nitrogen and oxygen atoms in total. The maximum atomic E-state index is 8.40. The predicted molar refractivity (Wildman–Crippen MR) is 27.8 cm³/mol. The quantitative estimate of drug-likeness (QED) is 0.121. The summed E-state index contributed by atoms with van der Waals surface area (Å²) in [5.74, 6) is 0. The molecule has 5 heteroatoms. The first-order valence-corrected chi connectivity index (χ1v) is 4.34. The van der Waals surface area contributed by atoms with E-state index in [1.54, 1.807) is 0 Å². The fourth-order valence-corrected chi connectivity index (χ4v) is 1.07. The van der Waals surface area contributed by atoms with Gasteiger partial charge in [0.25, 0.3) is 0 Å². The second kappa shape index (κ2) is 5.83. The van der Waals surface area contributed by atoms with Gasteiger partial charge in [0.1, 0.15) is 0 Å². The van der Waals surface area contributed by atoms with Crippen molar-refractivity contribution in [2.75, 3.05) is 6.73 Å². The predicted octanol–water partition coefficient (Wildman–Crippen LogP) is -3.43. The second-order valence-electron chi connectivity index (χ2n) is 1.03. The molecule has 0 fully saturated rings. The fraction of sp³-hybridized carbons (Fsp3) is 0.250. The van der Waals surface area contributed by atoms with Crippen LogP contribution >= 0.6 is 0 Å². The van der Waals surface area contributed by atoms with E-state index >= 15 is 0 Å². The fourth-order valence-electron chi connectivity index (χ4n) is 0.190. The number of aliphatic hydroxyl groups is 3. The molecule has 0 aromatic rings. The van der Waals surface area contributed by atoms with Crippen molar-refractivity contribution in [2.24, 2.45) is 0 Å². The van der Waals surface area contributed by atoms with Crippen LogP contribution in [0.3, 0.4) is 0 Å². The van der Waals surface area contributed by atoms with Gasteiger partial charge in [0.15, 0.2) is 0 Å². The first-order valence-electron chi connectivity index (χ1n) is 2.13. The van der Waals surface area contributed by atoms with Gasteiger partial charge in [-0.25, -0.2) is 0 Å². The molecule has 54 valence electrons. The Hall–Kier alpha value is -0.300. The molecule has 0 radical (unpaired) electrons. The van der Waals surface area contributed by atoms with Crippen LogP contribution in [0.15, 0.2) is 10.3 Å². The molecule has 0 aliphatic rings. The Morgan fingerprint density at radius 2 is 2.11 bits per heavy atom. The minimum atomic E-state index is -0.594. The summed E-state index contributed by atoms with van der Waals surface area (Å²) in [5.41, 5.74) is 0. The van der Waals surface area contributed by atoms with Crippen molar-refractivity contribution < 1.29 is 39.6 Å². The zero-order valence-corrected chi connectivity index (χ0v) is 6.76. The Labute approximate surface area is 63.4 Å². The number of hydrogen-bond acceptors (Lipinski definition) is 2. The number of rotatable bonds is 3. The van der Waals surface area contributed by atoms with E-state index in [4.69, 9.17) is 15.3 Å². The van der Waals surface area contributed by atoms with Crippen LogP contribution in [0.25, 0.3) is 0 Å². The van der Waals surface area contributed by atoms with E-state index in [-0.39, 0.29) is 6.73 Å². The SMILES string of the molecule is O/C=C/[I-]/[N+](=C/O)CO. The normalized spacial score (nSPS) is 13.2. The average Bonchev–Trinajstić information content (AvgIpc) is 1.91. The molecule has 0 unspecified atom stereocenters. The van der Waals surface area contributed by atoms with Crippen LogP contribution in [0.4, 0.5) is 0 Å². The molecule has 0 aliphatic carbocycles. The van der Waals surface area contributed by atoms with Crippen LogP contribution in [-0.4, -0.2) is 31.2 Å². The van der Waals surface area contributed by atoms with E-state index in [0.29, 0.717) is 0 Å². The van der Waals surface area contributed by atoms with Crippen molar-refractivity contribution in [3.8, 4) is 0 Å². The van der Waals surface area contributed by atoms with Gasteiger partial charge in [0.2, 0.25) is 0 Å². The topological polar surface area (TPSA) is 63.7 Å². The van der Waals surface area contributed by atoms with Gasteiger partial charge in [-0.1, -0.05) is 0 Å². The van der Waals surface area contributed by atoms with E-state index in [1.165, 1.54) is 6.87 Å². The molecule has 0 aromatic carbocycles. The number of aliphatic hydroxyl groups excluding tert-OH is 3. The minimum absolute atomic E-state index is 0.214. The number of nitrogens with zero attached hydrogens (tertiary/aromatic N) is 1. The average molecular weight is 245 g/mol. The van der Waals surface area contributed by atoms with Crippen molar-refractivity contribution in [2.45, 2.75) is 0 Å². The first-order chi connectivity index (χ1) is 4.35. The molecule has 0 rings (SSSR count). The van der Waals surface area contributed by atoms with E-state index < -0.39 is 21.5 Å². The molecule has 0 amide bonds. The molecule has 0 saturated carbocycles. The van der Waals surface area contributed by atoms with Gasteiger partial charge in [0, 0.05) is 0 Å². The van der Waals surface area contributed by atoms with E-state index in [0.717, 1.165) is 12.7 Å². The number of halogens is 1.